The van der Waals surface area contributed by atoms with Crippen LogP contribution in [0.3, 0.4) is 0 Å². The Bertz CT molecular complexity index is 752. The van der Waals surface area contributed by atoms with E-state index >= 15 is 0 Å². The lowest BCUT2D eigenvalue weighted by molar-refractivity contribution is -0.139. The molecule has 0 saturated heterocycles. The molecular weight excluding hydrogens is 422 g/mol. The van der Waals surface area contributed by atoms with Gasteiger partial charge in [0, 0.05) is 11.6 Å². The zero-order valence-corrected chi connectivity index (χ0v) is 16.9. The summed E-state index contributed by atoms with van der Waals surface area (Å²) >= 11 is 9.42. The highest BCUT2D eigenvalue weighted by molar-refractivity contribution is 9.10. The van der Waals surface area contributed by atoms with Crippen molar-refractivity contribution in [2.75, 3.05) is 6.61 Å². The van der Waals surface area contributed by atoms with E-state index in [-0.39, 0.29) is 0 Å². The number of hydrogen-bond acceptors (Lipinski definition) is 4. The van der Waals surface area contributed by atoms with Gasteiger partial charge in [0.05, 0.1) is 11.1 Å². The maximum Gasteiger partial charge on any atom is 0.320 e. The molecule has 5 nitrogen and oxygen atoms in total. The Morgan fingerprint density at radius 3 is 2.54 bits per heavy atom. The number of carboxylic acid groups (broad SMARTS) is 1. The minimum atomic E-state index is -0.892. The van der Waals surface area contributed by atoms with E-state index in [1.54, 1.807) is 6.92 Å². The predicted molar refractivity (Wildman–Crippen MR) is 105 cm³/mol. The number of aliphatic carboxylic acids is 1. The van der Waals surface area contributed by atoms with Crippen molar-refractivity contribution in [3.05, 3.63) is 57.0 Å². The van der Waals surface area contributed by atoms with Crippen LogP contribution in [0, 0.1) is 0 Å². The fourth-order valence-electron chi connectivity index (χ4n) is 2.22. The minimum absolute atomic E-state index is 0.378. The molecule has 1 unspecified atom stereocenters. The maximum atomic E-state index is 10.9. The van der Waals surface area contributed by atoms with Gasteiger partial charge in [-0.1, -0.05) is 23.7 Å². The number of nitrogens with one attached hydrogen (secondary N) is 1. The molecule has 0 spiro atoms. The van der Waals surface area contributed by atoms with Crippen LogP contribution in [0.2, 0.25) is 5.02 Å². The van der Waals surface area contributed by atoms with Gasteiger partial charge >= 0.3 is 5.97 Å². The average molecular weight is 443 g/mol. The number of hydrogen-bond donors (Lipinski definition) is 2. The van der Waals surface area contributed by atoms with Crippen LogP contribution in [0.15, 0.2) is 40.9 Å². The van der Waals surface area contributed by atoms with Gasteiger partial charge in [0.25, 0.3) is 0 Å². The third kappa shape index (κ3) is 5.90. The SMILES string of the molecule is CCOc1cc(CNC(C)C(=O)O)cc(Br)c1OCc1ccc(Cl)cc1. The quantitative estimate of drug-likeness (QED) is 0.592. The summed E-state index contributed by atoms with van der Waals surface area (Å²) in [7, 11) is 0. The molecule has 0 fully saturated rings. The smallest absolute Gasteiger partial charge is 0.320 e. The molecule has 26 heavy (non-hydrogen) atoms. The summed E-state index contributed by atoms with van der Waals surface area (Å²) in [5.74, 6) is 0.324. The zero-order valence-electron chi connectivity index (χ0n) is 14.6. The number of rotatable bonds is 9. The summed E-state index contributed by atoms with van der Waals surface area (Å²) in [4.78, 5) is 10.9. The molecule has 0 aromatic heterocycles. The number of carboxylic acids is 1. The molecule has 140 valence electrons. The Balaban J connectivity index is 2.14. The van der Waals surface area contributed by atoms with Crippen LogP contribution in [-0.2, 0) is 17.9 Å². The van der Waals surface area contributed by atoms with Gasteiger partial charge in [-0.25, -0.2) is 0 Å². The number of carbonyl (C=O) groups is 1. The summed E-state index contributed by atoms with van der Waals surface area (Å²) in [6.45, 7) is 4.78. The molecule has 2 N–H and O–H groups in total. The van der Waals surface area contributed by atoms with Crippen molar-refractivity contribution in [1.82, 2.24) is 5.32 Å². The van der Waals surface area contributed by atoms with Gasteiger partial charge in [-0.05, 0) is 65.2 Å². The van der Waals surface area contributed by atoms with Crippen molar-refractivity contribution in [3.63, 3.8) is 0 Å². The number of benzene rings is 2. The molecule has 0 aliphatic carbocycles. The molecule has 7 heteroatoms. The molecule has 0 radical (unpaired) electrons. The Morgan fingerprint density at radius 2 is 1.92 bits per heavy atom. The Kier molecular flexibility index (Phi) is 7.75. The minimum Gasteiger partial charge on any atom is -0.490 e. The first-order valence-electron chi connectivity index (χ1n) is 8.19. The first kappa shape index (κ1) is 20.6. The van der Waals surface area contributed by atoms with E-state index < -0.39 is 12.0 Å². The van der Waals surface area contributed by atoms with Crippen molar-refractivity contribution in [2.24, 2.45) is 0 Å². The van der Waals surface area contributed by atoms with Crippen molar-refractivity contribution >= 4 is 33.5 Å². The van der Waals surface area contributed by atoms with Crippen molar-refractivity contribution in [2.45, 2.75) is 33.0 Å². The fourth-order valence-corrected chi connectivity index (χ4v) is 2.95. The number of ether oxygens (including phenoxy) is 2. The highest BCUT2D eigenvalue weighted by atomic mass is 79.9. The normalized spacial score (nSPS) is 11.8. The molecule has 1 atom stereocenters. The van der Waals surface area contributed by atoms with Crippen LogP contribution in [0.4, 0.5) is 0 Å². The summed E-state index contributed by atoms with van der Waals surface area (Å²) in [6, 6.07) is 10.6. The fraction of sp³-hybridized carbons (Fsp3) is 0.316. The van der Waals surface area contributed by atoms with Crippen LogP contribution in [0.1, 0.15) is 25.0 Å². The molecule has 0 aliphatic rings. The van der Waals surface area contributed by atoms with Crippen molar-refractivity contribution < 1.29 is 19.4 Å². The summed E-state index contributed by atoms with van der Waals surface area (Å²) in [5.41, 5.74) is 1.89. The lowest BCUT2D eigenvalue weighted by atomic mass is 10.2. The molecule has 0 amide bonds. The maximum absolute atomic E-state index is 10.9. The Morgan fingerprint density at radius 1 is 1.23 bits per heavy atom. The summed E-state index contributed by atoms with van der Waals surface area (Å²) < 4.78 is 12.4. The second-order valence-corrected chi connectivity index (χ2v) is 6.98. The molecule has 2 rings (SSSR count). The molecule has 0 aliphatic heterocycles. The molecule has 0 heterocycles. The van der Waals surface area contributed by atoms with Gasteiger partial charge in [-0.2, -0.15) is 0 Å². The first-order valence-corrected chi connectivity index (χ1v) is 9.36. The molecule has 2 aromatic carbocycles. The van der Waals surface area contributed by atoms with Gasteiger partial charge in [-0.15, -0.1) is 0 Å². The van der Waals surface area contributed by atoms with E-state index in [0.29, 0.717) is 36.3 Å². The Hall–Kier alpha value is -1.76. The standard InChI is InChI=1S/C19H21BrClNO4/c1-3-25-17-9-14(10-22-12(2)19(23)24)8-16(20)18(17)26-11-13-4-6-15(21)7-5-13/h4-9,12,22H,3,10-11H2,1-2H3,(H,23,24). The van der Waals surface area contributed by atoms with Crippen LogP contribution in [-0.4, -0.2) is 23.7 Å². The topological polar surface area (TPSA) is 67.8 Å². The molecule has 0 saturated carbocycles. The molecule has 2 aromatic rings. The number of halogens is 2. The molecular formula is C19H21BrClNO4. The summed E-state index contributed by atoms with van der Waals surface area (Å²) in [5, 5.41) is 12.6. The highest BCUT2D eigenvalue weighted by Gasteiger charge is 2.15. The van der Waals surface area contributed by atoms with Crippen LogP contribution in [0.25, 0.3) is 0 Å². The predicted octanol–water partition coefficient (Wildman–Crippen LogP) is 4.64. The monoisotopic (exact) mass is 441 g/mol. The second-order valence-electron chi connectivity index (χ2n) is 5.69. The largest absolute Gasteiger partial charge is 0.490 e. The van der Waals surface area contributed by atoms with E-state index in [9.17, 15) is 4.79 Å². The zero-order chi connectivity index (χ0) is 19.1. The second kappa shape index (κ2) is 9.80. The van der Waals surface area contributed by atoms with E-state index in [2.05, 4.69) is 21.2 Å². The lowest BCUT2D eigenvalue weighted by Crippen LogP contribution is -2.33. The van der Waals surface area contributed by atoms with Crippen LogP contribution < -0.4 is 14.8 Å². The average Bonchev–Trinajstić information content (AvgIpc) is 2.60. The van der Waals surface area contributed by atoms with E-state index in [0.717, 1.165) is 15.6 Å². The highest BCUT2D eigenvalue weighted by Crippen LogP contribution is 2.37. The van der Waals surface area contributed by atoms with Gasteiger partial charge < -0.3 is 19.9 Å². The van der Waals surface area contributed by atoms with E-state index in [4.69, 9.17) is 26.2 Å². The van der Waals surface area contributed by atoms with Crippen LogP contribution >= 0.6 is 27.5 Å². The molecule has 0 bridgehead atoms. The third-order valence-electron chi connectivity index (χ3n) is 3.65. The first-order chi connectivity index (χ1) is 12.4. The van der Waals surface area contributed by atoms with Gasteiger partial charge in [0.15, 0.2) is 11.5 Å². The van der Waals surface area contributed by atoms with Gasteiger partial charge in [0.2, 0.25) is 0 Å². The van der Waals surface area contributed by atoms with Crippen molar-refractivity contribution in [1.29, 1.82) is 0 Å². The van der Waals surface area contributed by atoms with Gasteiger partial charge in [0.1, 0.15) is 12.6 Å². The van der Waals surface area contributed by atoms with Gasteiger partial charge in [-0.3, -0.25) is 4.79 Å². The summed E-state index contributed by atoms with van der Waals surface area (Å²) in [6.07, 6.45) is 0. The van der Waals surface area contributed by atoms with Crippen LogP contribution in [0.5, 0.6) is 11.5 Å². The van der Waals surface area contributed by atoms with E-state index in [1.807, 2.05) is 43.3 Å². The van der Waals surface area contributed by atoms with Crippen molar-refractivity contribution in [3.8, 4) is 11.5 Å². The Labute approximate surface area is 166 Å². The van der Waals surface area contributed by atoms with E-state index in [1.165, 1.54) is 0 Å². The third-order valence-corrected chi connectivity index (χ3v) is 4.49. The lowest BCUT2D eigenvalue weighted by Gasteiger charge is -2.16.